The minimum absolute atomic E-state index is 0.0370. The molecule has 0 atom stereocenters. The molecule has 0 saturated carbocycles. The van der Waals surface area contributed by atoms with E-state index in [1.54, 1.807) is 34.6 Å². The Bertz CT molecular complexity index is 1290. The van der Waals surface area contributed by atoms with Crippen molar-refractivity contribution < 1.29 is 13.9 Å². The highest BCUT2D eigenvalue weighted by atomic mass is 35.5. The van der Waals surface area contributed by atoms with E-state index >= 15 is 0 Å². The molecule has 0 saturated heterocycles. The standard InChI is InChI=1S/C26H26Cl2FN5O2S/c1-2-35-24-14-18(22(28)15-25(24)36-17-20-21(27)10-6-11-23(20)29)16-30-12-7-13-37-26-31-32-33-34(26)19-8-4-3-5-9-19/h3-6,8-11,14-15,30H,2,7,12-13,16-17H2,1H3. The maximum absolute atomic E-state index is 14.1. The van der Waals surface area contributed by atoms with Gasteiger partial charge >= 0.3 is 0 Å². The number of nitrogens with one attached hydrogen (secondary N) is 1. The molecule has 0 unspecified atom stereocenters. The van der Waals surface area contributed by atoms with Crippen LogP contribution in [0.2, 0.25) is 10.0 Å². The molecule has 1 heterocycles. The van der Waals surface area contributed by atoms with Crippen molar-refractivity contribution in [1.29, 1.82) is 0 Å². The molecule has 1 N–H and O–H groups in total. The lowest BCUT2D eigenvalue weighted by molar-refractivity contribution is 0.265. The van der Waals surface area contributed by atoms with Gasteiger partial charge in [0.05, 0.1) is 17.3 Å². The third-order valence-electron chi connectivity index (χ3n) is 5.33. The molecule has 194 valence electrons. The summed E-state index contributed by atoms with van der Waals surface area (Å²) < 4.78 is 27.4. The maximum Gasteiger partial charge on any atom is 0.214 e. The summed E-state index contributed by atoms with van der Waals surface area (Å²) in [6.45, 7) is 3.64. The minimum atomic E-state index is -0.424. The normalized spacial score (nSPS) is 11.0. The topological polar surface area (TPSA) is 74.1 Å². The zero-order chi connectivity index (χ0) is 26.0. The van der Waals surface area contributed by atoms with Crippen molar-refractivity contribution in [3.63, 3.8) is 0 Å². The van der Waals surface area contributed by atoms with Crippen LogP contribution >= 0.6 is 35.0 Å². The van der Waals surface area contributed by atoms with Crippen molar-refractivity contribution in [3.8, 4) is 17.2 Å². The average molecular weight is 562 g/mol. The van der Waals surface area contributed by atoms with Crippen molar-refractivity contribution in [1.82, 2.24) is 25.5 Å². The molecule has 0 fully saturated rings. The van der Waals surface area contributed by atoms with Gasteiger partial charge in [-0.2, -0.15) is 4.68 Å². The van der Waals surface area contributed by atoms with E-state index in [2.05, 4.69) is 20.8 Å². The zero-order valence-corrected chi connectivity index (χ0v) is 22.5. The summed E-state index contributed by atoms with van der Waals surface area (Å²) in [5.74, 6) is 1.40. The van der Waals surface area contributed by atoms with Gasteiger partial charge in [0, 0.05) is 29.0 Å². The van der Waals surface area contributed by atoms with Gasteiger partial charge in [0.15, 0.2) is 11.5 Å². The first-order valence-corrected chi connectivity index (χ1v) is 13.5. The van der Waals surface area contributed by atoms with Gasteiger partial charge < -0.3 is 14.8 Å². The van der Waals surface area contributed by atoms with Crippen LogP contribution in [0.3, 0.4) is 0 Å². The summed E-state index contributed by atoms with van der Waals surface area (Å²) in [4.78, 5) is 0. The molecule has 1 aromatic heterocycles. The highest BCUT2D eigenvalue weighted by Crippen LogP contribution is 2.35. The fourth-order valence-electron chi connectivity index (χ4n) is 3.50. The quantitative estimate of drug-likeness (QED) is 0.150. The van der Waals surface area contributed by atoms with Crippen molar-refractivity contribution in [2.24, 2.45) is 0 Å². The summed E-state index contributed by atoms with van der Waals surface area (Å²) >= 11 is 14.2. The Hall–Kier alpha value is -2.85. The Labute approximate surface area is 229 Å². The smallest absolute Gasteiger partial charge is 0.214 e. The Kier molecular flexibility index (Phi) is 10.0. The second kappa shape index (κ2) is 13.6. The van der Waals surface area contributed by atoms with Gasteiger partial charge in [-0.1, -0.05) is 59.2 Å². The number of ether oxygens (including phenoxy) is 2. The molecule has 0 aliphatic rings. The number of rotatable bonds is 13. The summed E-state index contributed by atoms with van der Waals surface area (Å²) in [5, 5.41) is 17.0. The van der Waals surface area contributed by atoms with E-state index in [-0.39, 0.29) is 12.2 Å². The summed E-state index contributed by atoms with van der Waals surface area (Å²) in [6.07, 6.45) is 0.910. The lowest BCUT2D eigenvalue weighted by atomic mass is 10.2. The van der Waals surface area contributed by atoms with Gasteiger partial charge in [-0.05, 0) is 66.2 Å². The van der Waals surface area contributed by atoms with Crippen LogP contribution in [0.25, 0.3) is 5.69 Å². The minimum Gasteiger partial charge on any atom is -0.490 e. The van der Waals surface area contributed by atoms with Crippen LogP contribution in [0.1, 0.15) is 24.5 Å². The molecule has 4 aromatic rings. The molecule has 3 aromatic carbocycles. The Morgan fingerprint density at radius 3 is 2.59 bits per heavy atom. The van der Waals surface area contributed by atoms with Crippen LogP contribution < -0.4 is 14.8 Å². The molecule has 0 aliphatic carbocycles. The number of nitrogens with zero attached hydrogens (tertiary/aromatic N) is 4. The second-order valence-electron chi connectivity index (χ2n) is 7.90. The predicted octanol–water partition coefficient (Wildman–Crippen LogP) is 6.36. The Balaban J connectivity index is 1.28. The average Bonchev–Trinajstić information content (AvgIpc) is 3.37. The number of aromatic nitrogens is 4. The molecule has 37 heavy (non-hydrogen) atoms. The third kappa shape index (κ3) is 7.35. The van der Waals surface area contributed by atoms with E-state index in [0.717, 1.165) is 35.1 Å². The van der Waals surface area contributed by atoms with E-state index < -0.39 is 5.82 Å². The van der Waals surface area contributed by atoms with E-state index in [1.807, 2.05) is 43.3 Å². The third-order valence-corrected chi connectivity index (χ3v) is 7.04. The monoisotopic (exact) mass is 561 g/mol. The number of hydrogen-bond donors (Lipinski definition) is 1. The molecule has 0 aliphatic heterocycles. The number of thioether (sulfide) groups is 1. The van der Waals surface area contributed by atoms with Gasteiger partial charge in [-0.3, -0.25) is 0 Å². The Morgan fingerprint density at radius 1 is 1.00 bits per heavy atom. The maximum atomic E-state index is 14.1. The summed E-state index contributed by atoms with van der Waals surface area (Å²) in [6, 6.07) is 17.9. The molecule has 0 spiro atoms. The number of para-hydroxylation sites is 1. The van der Waals surface area contributed by atoms with Crippen LogP contribution in [0.15, 0.2) is 65.8 Å². The molecule has 11 heteroatoms. The van der Waals surface area contributed by atoms with E-state index in [4.69, 9.17) is 32.7 Å². The van der Waals surface area contributed by atoms with Gasteiger partial charge in [-0.25, -0.2) is 4.39 Å². The van der Waals surface area contributed by atoms with Gasteiger partial charge in [-0.15, -0.1) is 5.10 Å². The highest BCUT2D eigenvalue weighted by Gasteiger charge is 2.14. The predicted molar refractivity (Wildman–Crippen MR) is 145 cm³/mol. The van der Waals surface area contributed by atoms with Gasteiger partial charge in [0.2, 0.25) is 5.16 Å². The molecule has 0 bridgehead atoms. The molecule has 0 amide bonds. The number of benzene rings is 3. The molecule has 4 rings (SSSR count). The lowest BCUT2D eigenvalue weighted by Gasteiger charge is -2.16. The van der Waals surface area contributed by atoms with Crippen LogP contribution in [0, 0.1) is 5.82 Å². The molecule has 0 radical (unpaired) electrons. The van der Waals surface area contributed by atoms with Crippen LogP contribution in [-0.4, -0.2) is 39.1 Å². The fraction of sp³-hybridized carbons (Fsp3) is 0.269. The van der Waals surface area contributed by atoms with Crippen molar-refractivity contribution in [3.05, 3.63) is 87.7 Å². The zero-order valence-electron chi connectivity index (χ0n) is 20.2. The fourth-order valence-corrected chi connectivity index (χ4v) is 4.77. The largest absolute Gasteiger partial charge is 0.490 e. The van der Waals surface area contributed by atoms with Crippen LogP contribution in [-0.2, 0) is 13.2 Å². The molecular weight excluding hydrogens is 536 g/mol. The molecular formula is C26H26Cl2FN5O2S. The SMILES string of the molecule is CCOc1cc(CNCCCSc2nnnn2-c2ccccc2)c(Cl)cc1OCc1c(F)cccc1Cl. The highest BCUT2D eigenvalue weighted by molar-refractivity contribution is 7.99. The summed E-state index contributed by atoms with van der Waals surface area (Å²) in [7, 11) is 0. The number of hydrogen-bond acceptors (Lipinski definition) is 7. The first-order valence-electron chi connectivity index (χ1n) is 11.7. The van der Waals surface area contributed by atoms with E-state index in [9.17, 15) is 4.39 Å². The van der Waals surface area contributed by atoms with Gasteiger partial charge in [0.1, 0.15) is 12.4 Å². The second-order valence-corrected chi connectivity index (χ2v) is 9.78. The van der Waals surface area contributed by atoms with Crippen LogP contribution in [0.4, 0.5) is 4.39 Å². The van der Waals surface area contributed by atoms with E-state index in [0.29, 0.717) is 34.7 Å². The first kappa shape index (κ1) is 27.2. The summed E-state index contributed by atoms with van der Waals surface area (Å²) in [5.41, 5.74) is 2.09. The molecule has 7 nitrogen and oxygen atoms in total. The first-order chi connectivity index (χ1) is 18.1. The number of halogens is 3. The number of tetrazole rings is 1. The van der Waals surface area contributed by atoms with Crippen molar-refractivity contribution in [2.45, 2.75) is 31.7 Å². The van der Waals surface area contributed by atoms with Gasteiger partial charge in [0.25, 0.3) is 0 Å². The van der Waals surface area contributed by atoms with Crippen LogP contribution in [0.5, 0.6) is 11.5 Å². The van der Waals surface area contributed by atoms with Crippen molar-refractivity contribution >= 4 is 35.0 Å². The lowest BCUT2D eigenvalue weighted by Crippen LogP contribution is -2.16. The Morgan fingerprint density at radius 2 is 1.81 bits per heavy atom. The van der Waals surface area contributed by atoms with E-state index in [1.165, 1.54) is 6.07 Å². The van der Waals surface area contributed by atoms with Crippen molar-refractivity contribution in [2.75, 3.05) is 18.9 Å².